The van der Waals surface area contributed by atoms with E-state index >= 15 is 0 Å². The lowest BCUT2D eigenvalue weighted by Crippen LogP contribution is -2.55. The lowest BCUT2D eigenvalue weighted by Gasteiger charge is -2.31. The van der Waals surface area contributed by atoms with Crippen molar-refractivity contribution in [2.75, 3.05) is 58.9 Å². The zero-order valence-corrected chi connectivity index (χ0v) is 27.6. The van der Waals surface area contributed by atoms with Crippen molar-refractivity contribution in [3.05, 3.63) is 0 Å². The van der Waals surface area contributed by atoms with Crippen molar-refractivity contribution in [3.8, 4) is 0 Å². The van der Waals surface area contributed by atoms with E-state index in [2.05, 4.69) is 33.1 Å². The molecule has 1 heterocycles. The van der Waals surface area contributed by atoms with Gasteiger partial charge < -0.3 is 42.1 Å². The second kappa shape index (κ2) is 28.2. The Bertz CT molecular complexity index is 671. The van der Waals surface area contributed by atoms with E-state index in [0.717, 1.165) is 32.7 Å². The van der Waals surface area contributed by atoms with E-state index in [-0.39, 0.29) is 31.0 Å². The molecule has 1 saturated heterocycles. The van der Waals surface area contributed by atoms with Gasteiger partial charge in [-0.2, -0.15) is 0 Å². The minimum absolute atomic E-state index is 0.00372. The van der Waals surface area contributed by atoms with Crippen LogP contribution in [0.1, 0.15) is 122 Å². The van der Waals surface area contributed by atoms with Crippen LogP contribution in [0.5, 0.6) is 0 Å². The molecule has 3 unspecified atom stereocenters. The highest BCUT2D eigenvalue weighted by molar-refractivity contribution is 5.68. The van der Waals surface area contributed by atoms with Crippen molar-refractivity contribution in [3.63, 3.8) is 0 Å². The van der Waals surface area contributed by atoms with Crippen LogP contribution in [0, 0.1) is 0 Å². The Labute approximate surface area is 263 Å². The summed E-state index contributed by atoms with van der Waals surface area (Å²) in [4.78, 5) is 25.1. The Morgan fingerprint density at radius 1 is 0.628 bits per heavy atom. The summed E-state index contributed by atoms with van der Waals surface area (Å²) < 4.78 is 0. The van der Waals surface area contributed by atoms with Crippen molar-refractivity contribution >= 4 is 11.9 Å². The highest BCUT2D eigenvalue weighted by atomic mass is 16.4. The molecule has 10 nitrogen and oxygen atoms in total. The number of aliphatic carboxylic acids is 2. The SMILES string of the molecule is CCCCCCCCCCCCCCCCCCN(CCN)CC1CNC(CC(=O)O)CNC(CC(=O)O)CNCCN1. The van der Waals surface area contributed by atoms with E-state index in [1.807, 2.05) is 0 Å². The summed E-state index contributed by atoms with van der Waals surface area (Å²) in [5, 5.41) is 32.3. The maximum Gasteiger partial charge on any atom is 0.304 e. The Balaban J connectivity index is 2.29. The molecule has 0 aliphatic carbocycles. The summed E-state index contributed by atoms with van der Waals surface area (Å²) in [7, 11) is 0. The third-order valence-electron chi connectivity index (χ3n) is 8.53. The lowest BCUT2D eigenvalue weighted by atomic mass is 10.0. The van der Waals surface area contributed by atoms with E-state index < -0.39 is 11.9 Å². The van der Waals surface area contributed by atoms with Crippen molar-refractivity contribution < 1.29 is 19.8 Å². The van der Waals surface area contributed by atoms with E-state index in [9.17, 15) is 19.8 Å². The summed E-state index contributed by atoms with van der Waals surface area (Å²) >= 11 is 0. The first-order chi connectivity index (χ1) is 20.9. The minimum atomic E-state index is -0.864. The molecular weight excluding hydrogens is 544 g/mol. The number of nitrogens with two attached hydrogens (primary N) is 1. The zero-order valence-electron chi connectivity index (χ0n) is 27.6. The number of carbonyl (C=O) groups is 2. The Morgan fingerprint density at radius 2 is 1.09 bits per heavy atom. The molecule has 254 valence electrons. The van der Waals surface area contributed by atoms with Crippen LogP contribution in [0.15, 0.2) is 0 Å². The van der Waals surface area contributed by atoms with Gasteiger partial charge in [0.2, 0.25) is 0 Å². The maximum absolute atomic E-state index is 11.5. The average molecular weight is 613 g/mol. The number of carboxylic acids is 2. The molecule has 8 N–H and O–H groups in total. The van der Waals surface area contributed by atoms with Crippen LogP contribution in [0.3, 0.4) is 0 Å². The number of nitrogens with zero attached hydrogens (tertiary/aromatic N) is 1. The van der Waals surface area contributed by atoms with Gasteiger partial charge in [-0.05, 0) is 13.0 Å². The fourth-order valence-corrected chi connectivity index (χ4v) is 5.99. The Hall–Kier alpha value is -1.30. The zero-order chi connectivity index (χ0) is 31.4. The predicted octanol–water partition coefficient (Wildman–Crippen LogP) is 3.94. The van der Waals surface area contributed by atoms with Gasteiger partial charge in [0.1, 0.15) is 0 Å². The lowest BCUT2D eigenvalue weighted by molar-refractivity contribution is -0.139. The van der Waals surface area contributed by atoms with Gasteiger partial charge in [-0.3, -0.25) is 9.59 Å². The first-order valence-corrected chi connectivity index (χ1v) is 17.7. The summed E-state index contributed by atoms with van der Waals surface area (Å²) in [5.41, 5.74) is 5.96. The standard InChI is InChI=1S/C33H68N6O4/c1-2-3-4-5-6-7-8-9-10-11-12-13-14-15-16-17-21-39(22-18-34)28-31-27-38-30(24-33(42)43)26-37-29(23-32(40)41)25-35-19-20-36-31/h29-31,35-38H,2-28,34H2,1H3,(H,40,41)(H,42,43). The van der Waals surface area contributed by atoms with E-state index in [4.69, 9.17) is 5.73 Å². The van der Waals surface area contributed by atoms with Crippen molar-refractivity contribution in [1.29, 1.82) is 0 Å². The molecule has 3 atom stereocenters. The predicted molar refractivity (Wildman–Crippen MR) is 178 cm³/mol. The fraction of sp³-hybridized carbons (Fsp3) is 0.939. The second-order valence-corrected chi connectivity index (χ2v) is 12.7. The quantitative estimate of drug-likeness (QED) is 0.0755. The summed E-state index contributed by atoms with van der Waals surface area (Å²) in [6.45, 7) is 8.71. The number of nitrogens with one attached hydrogen (secondary N) is 4. The molecule has 0 aromatic carbocycles. The molecule has 0 aromatic heterocycles. The highest BCUT2D eigenvalue weighted by Gasteiger charge is 2.21. The van der Waals surface area contributed by atoms with Gasteiger partial charge in [0.25, 0.3) is 0 Å². The fourth-order valence-electron chi connectivity index (χ4n) is 5.99. The number of hydrogen-bond acceptors (Lipinski definition) is 8. The molecule has 43 heavy (non-hydrogen) atoms. The Morgan fingerprint density at radius 3 is 1.58 bits per heavy atom. The number of rotatable bonds is 25. The molecule has 0 amide bonds. The van der Waals surface area contributed by atoms with E-state index in [0.29, 0.717) is 26.2 Å². The van der Waals surface area contributed by atoms with Gasteiger partial charge in [-0.1, -0.05) is 103 Å². The second-order valence-electron chi connectivity index (χ2n) is 12.7. The van der Waals surface area contributed by atoms with Gasteiger partial charge in [0, 0.05) is 70.5 Å². The molecular formula is C33H68N6O4. The molecule has 10 heteroatoms. The van der Waals surface area contributed by atoms with Crippen molar-refractivity contribution in [2.45, 2.75) is 141 Å². The van der Waals surface area contributed by atoms with Gasteiger partial charge in [0.15, 0.2) is 0 Å². The van der Waals surface area contributed by atoms with Crippen LogP contribution in [0.25, 0.3) is 0 Å². The van der Waals surface area contributed by atoms with Gasteiger partial charge in [-0.15, -0.1) is 0 Å². The maximum atomic E-state index is 11.5. The third-order valence-corrected chi connectivity index (χ3v) is 8.53. The highest BCUT2D eigenvalue weighted by Crippen LogP contribution is 2.14. The van der Waals surface area contributed by atoms with Crippen molar-refractivity contribution in [2.24, 2.45) is 5.73 Å². The number of hydrogen-bond donors (Lipinski definition) is 7. The largest absolute Gasteiger partial charge is 0.481 e. The Kier molecular flexibility index (Phi) is 26.0. The molecule has 1 fully saturated rings. The molecule has 0 aromatic rings. The minimum Gasteiger partial charge on any atom is -0.481 e. The van der Waals surface area contributed by atoms with Crippen LogP contribution in [0.2, 0.25) is 0 Å². The summed E-state index contributed by atoms with van der Waals surface area (Å²) in [5.74, 6) is -1.73. The smallest absolute Gasteiger partial charge is 0.304 e. The van der Waals surface area contributed by atoms with E-state index in [1.54, 1.807) is 0 Å². The first-order valence-electron chi connectivity index (χ1n) is 17.7. The number of unbranched alkanes of at least 4 members (excludes halogenated alkanes) is 15. The van der Waals surface area contributed by atoms with Crippen LogP contribution < -0.4 is 27.0 Å². The van der Waals surface area contributed by atoms with Crippen LogP contribution in [0.4, 0.5) is 0 Å². The summed E-state index contributed by atoms with van der Waals surface area (Å²) in [6, 6.07) is -0.355. The monoisotopic (exact) mass is 613 g/mol. The van der Waals surface area contributed by atoms with Crippen molar-refractivity contribution in [1.82, 2.24) is 26.2 Å². The van der Waals surface area contributed by atoms with Crippen LogP contribution in [-0.2, 0) is 9.59 Å². The summed E-state index contributed by atoms with van der Waals surface area (Å²) in [6.07, 6.45) is 21.9. The van der Waals surface area contributed by atoms with Crippen LogP contribution >= 0.6 is 0 Å². The molecule has 1 aliphatic heterocycles. The molecule has 0 saturated carbocycles. The molecule has 1 rings (SSSR count). The topological polar surface area (TPSA) is 152 Å². The molecule has 1 aliphatic rings. The van der Waals surface area contributed by atoms with Gasteiger partial charge in [-0.25, -0.2) is 0 Å². The third kappa shape index (κ3) is 24.7. The van der Waals surface area contributed by atoms with Gasteiger partial charge >= 0.3 is 11.9 Å². The van der Waals surface area contributed by atoms with Gasteiger partial charge in [0.05, 0.1) is 12.8 Å². The molecule has 0 radical (unpaired) electrons. The van der Waals surface area contributed by atoms with Crippen LogP contribution in [-0.4, -0.2) is 104 Å². The average Bonchev–Trinajstić information content (AvgIpc) is 2.96. The molecule has 0 bridgehead atoms. The number of carboxylic acid groups (broad SMARTS) is 2. The first kappa shape index (κ1) is 39.7. The van der Waals surface area contributed by atoms with E-state index in [1.165, 1.54) is 103 Å². The normalized spacial score (nSPS) is 20.5. The molecule has 0 spiro atoms.